The second-order valence-corrected chi connectivity index (χ2v) is 5.45. The highest BCUT2D eigenvalue weighted by atomic mass is 32.2. The zero-order valence-electron chi connectivity index (χ0n) is 11.3. The Bertz CT molecular complexity index is 477. The number of hydrogen-bond donors (Lipinski definition) is 2. The topological polar surface area (TPSA) is 55.1 Å². The number of benzene rings is 1. The largest absolute Gasteiger partial charge is 0.418 e. The molecule has 1 amide bonds. The number of rotatable bonds is 5. The van der Waals surface area contributed by atoms with Crippen molar-refractivity contribution < 1.29 is 18.0 Å². The Labute approximate surface area is 120 Å². The third-order valence-corrected chi connectivity index (χ3v) is 3.62. The van der Waals surface area contributed by atoms with E-state index in [0.717, 1.165) is 11.8 Å². The first kappa shape index (κ1) is 16.7. The first-order valence-corrected chi connectivity index (χ1v) is 7.39. The molecule has 1 unspecified atom stereocenters. The number of nitrogens with two attached hydrogens (primary N) is 1. The highest BCUT2D eigenvalue weighted by molar-refractivity contribution is 7.98. The van der Waals surface area contributed by atoms with Crippen LogP contribution in [0.5, 0.6) is 0 Å². The lowest BCUT2D eigenvalue weighted by atomic mass is 10.1. The molecule has 112 valence electrons. The van der Waals surface area contributed by atoms with E-state index in [-0.39, 0.29) is 11.5 Å². The molecular weight excluding hydrogens is 289 g/mol. The Morgan fingerprint density at radius 2 is 2.10 bits per heavy atom. The predicted octanol–water partition coefficient (Wildman–Crippen LogP) is 3.02. The molecule has 0 aliphatic carbocycles. The number of amides is 1. The molecule has 3 N–H and O–H groups in total. The number of para-hydroxylation sites is 1. The van der Waals surface area contributed by atoms with Gasteiger partial charge in [-0.3, -0.25) is 4.79 Å². The van der Waals surface area contributed by atoms with Crippen molar-refractivity contribution in [2.24, 2.45) is 5.92 Å². The average Bonchev–Trinajstić information content (AvgIpc) is 2.35. The summed E-state index contributed by atoms with van der Waals surface area (Å²) in [6.45, 7) is 2.35. The Kier molecular flexibility index (Phi) is 5.74. The summed E-state index contributed by atoms with van der Waals surface area (Å²) in [6, 6.07) is 3.33. The van der Waals surface area contributed by atoms with Crippen LogP contribution in [0.25, 0.3) is 0 Å². The van der Waals surface area contributed by atoms with Gasteiger partial charge in [-0.05, 0) is 30.1 Å². The van der Waals surface area contributed by atoms with Gasteiger partial charge in [0.05, 0.1) is 16.8 Å². The number of halogens is 3. The Morgan fingerprint density at radius 3 is 2.65 bits per heavy atom. The van der Waals surface area contributed by atoms with Crippen LogP contribution in [0.3, 0.4) is 0 Å². The molecule has 0 bridgehead atoms. The van der Waals surface area contributed by atoms with Crippen molar-refractivity contribution in [3.8, 4) is 0 Å². The monoisotopic (exact) mass is 306 g/mol. The van der Waals surface area contributed by atoms with Crippen LogP contribution in [0.15, 0.2) is 18.2 Å². The van der Waals surface area contributed by atoms with Gasteiger partial charge in [0.15, 0.2) is 0 Å². The molecule has 0 saturated heterocycles. The van der Waals surface area contributed by atoms with E-state index < -0.39 is 23.3 Å². The van der Waals surface area contributed by atoms with Gasteiger partial charge in [0.1, 0.15) is 0 Å². The zero-order chi connectivity index (χ0) is 15.3. The van der Waals surface area contributed by atoms with Gasteiger partial charge >= 0.3 is 6.18 Å². The van der Waals surface area contributed by atoms with Crippen LogP contribution in [0.4, 0.5) is 18.9 Å². The Balaban J connectivity index is 2.84. The molecule has 1 aromatic carbocycles. The first-order chi connectivity index (χ1) is 9.27. The summed E-state index contributed by atoms with van der Waals surface area (Å²) >= 11 is 1.64. The number of nitrogens with one attached hydrogen (secondary N) is 1. The average molecular weight is 306 g/mol. The van der Waals surface area contributed by atoms with Gasteiger partial charge in [-0.15, -0.1) is 0 Å². The SMILES string of the molecule is CSCC(C)CNC(=O)c1cccc(C(F)(F)F)c1N. The normalized spacial score (nSPS) is 13.1. The molecule has 20 heavy (non-hydrogen) atoms. The van der Waals surface area contributed by atoms with Crippen LogP contribution in [0.2, 0.25) is 0 Å². The van der Waals surface area contributed by atoms with Crippen molar-refractivity contribution in [1.82, 2.24) is 5.32 Å². The maximum absolute atomic E-state index is 12.7. The van der Waals surface area contributed by atoms with Crippen molar-refractivity contribution in [3.05, 3.63) is 29.3 Å². The van der Waals surface area contributed by atoms with Crippen molar-refractivity contribution >= 4 is 23.4 Å². The van der Waals surface area contributed by atoms with Gasteiger partial charge in [-0.25, -0.2) is 0 Å². The fraction of sp³-hybridized carbons (Fsp3) is 0.462. The van der Waals surface area contributed by atoms with Gasteiger partial charge in [0.2, 0.25) is 0 Å². The van der Waals surface area contributed by atoms with E-state index in [1.54, 1.807) is 11.8 Å². The fourth-order valence-electron chi connectivity index (χ4n) is 1.72. The number of nitrogen functional groups attached to an aromatic ring is 1. The van der Waals surface area contributed by atoms with E-state index >= 15 is 0 Å². The minimum absolute atomic E-state index is 0.142. The number of alkyl halides is 3. The minimum atomic E-state index is -4.56. The van der Waals surface area contributed by atoms with Gasteiger partial charge in [0.25, 0.3) is 5.91 Å². The van der Waals surface area contributed by atoms with Gasteiger partial charge < -0.3 is 11.1 Å². The lowest BCUT2D eigenvalue weighted by molar-refractivity contribution is -0.136. The summed E-state index contributed by atoms with van der Waals surface area (Å²) in [4.78, 5) is 11.9. The molecule has 0 spiro atoms. The molecule has 0 aliphatic heterocycles. The second kappa shape index (κ2) is 6.88. The zero-order valence-corrected chi connectivity index (χ0v) is 12.1. The summed E-state index contributed by atoms with van der Waals surface area (Å²) in [5, 5.41) is 2.60. The number of carbonyl (C=O) groups is 1. The summed E-state index contributed by atoms with van der Waals surface area (Å²) < 4.78 is 38.1. The standard InChI is InChI=1S/C13H17F3N2OS/c1-8(7-20-2)6-18-12(19)9-4-3-5-10(11(9)17)13(14,15)16/h3-5,8H,6-7,17H2,1-2H3,(H,18,19). The Hall–Kier alpha value is -1.37. The van der Waals surface area contributed by atoms with Crippen LogP contribution in [-0.4, -0.2) is 24.5 Å². The van der Waals surface area contributed by atoms with Crippen molar-refractivity contribution in [2.75, 3.05) is 24.3 Å². The summed E-state index contributed by atoms with van der Waals surface area (Å²) in [6.07, 6.45) is -2.62. The van der Waals surface area contributed by atoms with Gasteiger partial charge in [-0.2, -0.15) is 24.9 Å². The predicted molar refractivity (Wildman–Crippen MR) is 75.7 cm³/mol. The minimum Gasteiger partial charge on any atom is -0.398 e. The summed E-state index contributed by atoms with van der Waals surface area (Å²) in [5.74, 6) is 0.515. The van der Waals surface area contributed by atoms with Crippen molar-refractivity contribution in [1.29, 1.82) is 0 Å². The molecule has 0 aromatic heterocycles. The maximum Gasteiger partial charge on any atom is 0.418 e. The highest BCUT2D eigenvalue weighted by Crippen LogP contribution is 2.34. The smallest absolute Gasteiger partial charge is 0.398 e. The van der Waals surface area contributed by atoms with Crippen LogP contribution in [0, 0.1) is 5.92 Å². The molecule has 1 rings (SSSR count). The van der Waals surface area contributed by atoms with E-state index in [1.165, 1.54) is 12.1 Å². The third kappa shape index (κ3) is 4.33. The van der Waals surface area contributed by atoms with Crippen LogP contribution >= 0.6 is 11.8 Å². The molecule has 0 radical (unpaired) electrons. The van der Waals surface area contributed by atoms with E-state index in [9.17, 15) is 18.0 Å². The lowest BCUT2D eigenvalue weighted by Gasteiger charge is -2.15. The number of carbonyl (C=O) groups excluding carboxylic acids is 1. The molecule has 0 heterocycles. The lowest BCUT2D eigenvalue weighted by Crippen LogP contribution is -2.30. The molecule has 0 aliphatic rings. The summed E-state index contributed by atoms with van der Waals surface area (Å²) in [7, 11) is 0. The molecule has 0 fully saturated rings. The fourth-order valence-corrected chi connectivity index (χ4v) is 2.40. The first-order valence-electron chi connectivity index (χ1n) is 6.00. The molecular formula is C13H17F3N2OS. The highest BCUT2D eigenvalue weighted by Gasteiger charge is 2.34. The Morgan fingerprint density at radius 1 is 1.45 bits per heavy atom. The number of thioether (sulfide) groups is 1. The molecule has 0 saturated carbocycles. The van der Waals surface area contributed by atoms with Crippen molar-refractivity contribution in [3.63, 3.8) is 0 Å². The van der Waals surface area contributed by atoms with Gasteiger partial charge in [-0.1, -0.05) is 13.0 Å². The van der Waals surface area contributed by atoms with E-state index in [4.69, 9.17) is 5.73 Å². The van der Waals surface area contributed by atoms with Crippen LogP contribution in [-0.2, 0) is 6.18 Å². The molecule has 3 nitrogen and oxygen atoms in total. The van der Waals surface area contributed by atoms with Crippen LogP contribution in [0.1, 0.15) is 22.8 Å². The number of anilines is 1. The quantitative estimate of drug-likeness (QED) is 0.822. The summed E-state index contributed by atoms with van der Waals surface area (Å²) in [5.41, 5.74) is 3.79. The second-order valence-electron chi connectivity index (χ2n) is 4.54. The molecule has 1 aromatic rings. The third-order valence-electron chi connectivity index (χ3n) is 2.72. The molecule has 1 atom stereocenters. The van der Waals surface area contributed by atoms with Crippen molar-refractivity contribution in [2.45, 2.75) is 13.1 Å². The van der Waals surface area contributed by atoms with E-state index in [1.807, 2.05) is 13.2 Å². The van der Waals surface area contributed by atoms with Gasteiger partial charge in [0, 0.05) is 6.54 Å². The molecule has 7 heteroatoms. The van der Waals surface area contributed by atoms with E-state index in [0.29, 0.717) is 6.54 Å². The van der Waals surface area contributed by atoms with E-state index in [2.05, 4.69) is 5.32 Å². The maximum atomic E-state index is 12.7. The van der Waals surface area contributed by atoms with Crippen LogP contribution < -0.4 is 11.1 Å². The number of hydrogen-bond acceptors (Lipinski definition) is 3.